The van der Waals surface area contributed by atoms with E-state index in [1.54, 1.807) is 6.92 Å². The van der Waals surface area contributed by atoms with Crippen LogP contribution in [0.4, 0.5) is 0 Å². The zero-order valence-electron chi connectivity index (χ0n) is 12.6. The molecule has 0 bridgehead atoms. The van der Waals surface area contributed by atoms with Gasteiger partial charge in [0.15, 0.2) is 0 Å². The van der Waals surface area contributed by atoms with E-state index in [0.717, 1.165) is 6.42 Å². The molecule has 0 aliphatic heterocycles. The maximum Gasteiger partial charge on any atom is 0.211 e. The van der Waals surface area contributed by atoms with Crippen LogP contribution in [0.1, 0.15) is 54.4 Å². The van der Waals surface area contributed by atoms with Gasteiger partial charge in [0.2, 0.25) is 10.0 Å². The van der Waals surface area contributed by atoms with Crippen LogP contribution in [0.25, 0.3) is 0 Å². The molecule has 0 saturated carbocycles. The van der Waals surface area contributed by atoms with E-state index >= 15 is 0 Å². The van der Waals surface area contributed by atoms with Crippen molar-refractivity contribution in [2.75, 3.05) is 12.3 Å². The Morgan fingerprint density at radius 3 is 2.11 bits per heavy atom. The van der Waals surface area contributed by atoms with Gasteiger partial charge in [0, 0.05) is 6.54 Å². The molecular formula is C13H29NO3S. The van der Waals surface area contributed by atoms with Crippen LogP contribution in [0.3, 0.4) is 0 Å². The SMILES string of the molecule is CCC(C)C(C)(O)CNS(=O)(=O)CCC(C)(C)C. The highest BCUT2D eigenvalue weighted by Gasteiger charge is 2.29. The van der Waals surface area contributed by atoms with Gasteiger partial charge in [-0.25, -0.2) is 13.1 Å². The summed E-state index contributed by atoms with van der Waals surface area (Å²) in [6.45, 7) is 11.7. The monoisotopic (exact) mass is 279 g/mol. The molecule has 0 heterocycles. The molecule has 0 aromatic heterocycles. The summed E-state index contributed by atoms with van der Waals surface area (Å²) in [5.41, 5.74) is -1.00. The summed E-state index contributed by atoms with van der Waals surface area (Å²) in [4.78, 5) is 0. The van der Waals surface area contributed by atoms with E-state index in [1.165, 1.54) is 0 Å². The molecule has 110 valence electrons. The van der Waals surface area contributed by atoms with Crippen LogP contribution in [0.5, 0.6) is 0 Å². The first-order valence-corrected chi connectivity index (χ1v) is 8.24. The summed E-state index contributed by atoms with van der Waals surface area (Å²) in [5.74, 6) is 0.162. The predicted molar refractivity (Wildman–Crippen MR) is 75.9 cm³/mol. The first-order chi connectivity index (χ1) is 7.90. The summed E-state index contributed by atoms with van der Waals surface area (Å²) in [6, 6.07) is 0. The molecule has 0 aliphatic rings. The molecule has 0 amide bonds. The summed E-state index contributed by atoms with van der Waals surface area (Å²) < 4.78 is 26.1. The van der Waals surface area contributed by atoms with Crippen LogP contribution >= 0.6 is 0 Å². The molecule has 18 heavy (non-hydrogen) atoms. The van der Waals surface area contributed by atoms with Gasteiger partial charge in [-0.05, 0) is 24.7 Å². The highest BCUT2D eigenvalue weighted by atomic mass is 32.2. The van der Waals surface area contributed by atoms with Crippen LogP contribution in [0, 0.1) is 11.3 Å². The van der Waals surface area contributed by atoms with E-state index < -0.39 is 15.6 Å². The van der Waals surface area contributed by atoms with Gasteiger partial charge in [0.1, 0.15) is 0 Å². The third kappa shape index (κ3) is 7.34. The average molecular weight is 279 g/mol. The number of aliphatic hydroxyl groups is 1. The van der Waals surface area contributed by atoms with E-state index in [4.69, 9.17) is 0 Å². The summed E-state index contributed by atoms with van der Waals surface area (Å²) in [7, 11) is -3.30. The number of nitrogens with one attached hydrogen (secondary N) is 1. The molecule has 2 N–H and O–H groups in total. The molecule has 0 aliphatic carbocycles. The molecule has 0 rings (SSSR count). The lowest BCUT2D eigenvalue weighted by atomic mass is 9.89. The average Bonchev–Trinajstić information content (AvgIpc) is 2.22. The highest BCUT2D eigenvalue weighted by Crippen LogP contribution is 2.21. The highest BCUT2D eigenvalue weighted by molar-refractivity contribution is 7.89. The lowest BCUT2D eigenvalue weighted by molar-refractivity contribution is 0.0102. The fourth-order valence-corrected chi connectivity index (χ4v) is 2.92. The fourth-order valence-electron chi connectivity index (χ4n) is 1.38. The predicted octanol–water partition coefficient (Wildman–Crippen LogP) is 2.14. The normalized spacial score (nSPS) is 18.4. The third-order valence-corrected chi connectivity index (χ3v) is 4.77. The lowest BCUT2D eigenvalue weighted by Crippen LogP contribution is -2.45. The molecule has 0 radical (unpaired) electrons. The first-order valence-electron chi connectivity index (χ1n) is 6.59. The van der Waals surface area contributed by atoms with Gasteiger partial charge in [-0.3, -0.25) is 0 Å². The summed E-state index contributed by atoms with van der Waals surface area (Å²) in [6.07, 6.45) is 1.42. The minimum Gasteiger partial charge on any atom is -0.389 e. The zero-order chi connectivity index (χ0) is 14.6. The Morgan fingerprint density at radius 1 is 1.22 bits per heavy atom. The molecule has 0 saturated heterocycles. The molecule has 0 spiro atoms. The second-order valence-corrected chi connectivity index (χ2v) is 8.54. The Labute approximate surface area is 112 Å². The number of hydrogen-bond acceptors (Lipinski definition) is 3. The van der Waals surface area contributed by atoms with Crippen LogP contribution in [-0.2, 0) is 10.0 Å². The van der Waals surface area contributed by atoms with Crippen LogP contribution in [-0.4, -0.2) is 31.4 Å². The summed E-state index contributed by atoms with van der Waals surface area (Å²) >= 11 is 0. The van der Waals surface area contributed by atoms with Gasteiger partial charge in [0.25, 0.3) is 0 Å². The van der Waals surface area contributed by atoms with Gasteiger partial charge in [-0.2, -0.15) is 0 Å². The van der Waals surface area contributed by atoms with Crippen molar-refractivity contribution < 1.29 is 13.5 Å². The molecule has 5 heteroatoms. The minimum atomic E-state index is -3.30. The smallest absolute Gasteiger partial charge is 0.211 e. The first kappa shape index (κ1) is 17.9. The summed E-state index contributed by atoms with van der Waals surface area (Å²) in [5, 5.41) is 10.1. The molecular weight excluding hydrogens is 250 g/mol. The van der Waals surface area contributed by atoms with Gasteiger partial charge >= 0.3 is 0 Å². The van der Waals surface area contributed by atoms with Gasteiger partial charge in [0.05, 0.1) is 11.4 Å². The van der Waals surface area contributed by atoms with Crippen molar-refractivity contribution in [2.24, 2.45) is 11.3 Å². The zero-order valence-corrected chi connectivity index (χ0v) is 13.4. The van der Waals surface area contributed by atoms with Crippen molar-refractivity contribution in [1.82, 2.24) is 4.72 Å². The topological polar surface area (TPSA) is 66.4 Å². The van der Waals surface area contributed by atoms with E-state index in [1.807, 2.05) is 34.6 Å². The number of rotatable bonds is 7. The maximum absolute atomic E-state index is 11.8. The quantitative estimate of drug-likeness (QED) is 0.750. The number of hydrogen-bond donors (Lipinski definition) is 2. The third-order valence-electron chi connectivity index (χ3n) is 3.44. The van der Waals surface area contributed by atoms with E-state index in [2.05, 4.69) is 4.72 Å². The second-order valence-electron chi connectivity index (χ2n) is 6.62. The Kier molecular flexibility index (Phi) is 6.30. The maximum atomic E-state index is 11.8. The van der Waals surface area contributed by atoms with E-state index in [9.17, 15) is 13.5 Å². The van der Waals surface area contributed by atoms with Crippen molar-refractivity contribution >= 4 is 10.0 Å². The Hall–Kier alpha value is -0.130. The van der Waals surface area contributed by atoms with Crippen molar-refractivity contribution in [2.45, 2.75) is 60.0 Å². The standard InChI is InChI=1S/C13H29NO3S/c1-7-11(2)13(6,15)10-14-18(16,17)9-8-12(3,4)5/h11,14-15H,7-10H2,1-6H3. The molecule has 0 fully saturated rings. The van der Waals surface area contributed by atoms with Crippen LogP contribution in [0.2, 0.25) is 0 Å². The minimum absolute atomic E-state index is 0.00597. The van der Waals surface area contributed by atoms with Crippen molar-refractivity contribution in [3.63, 3.8) is 0 Å². The van der Waals surface area contributed by atoms with Crippen LogP contribution in [0.15, 0.2) is 0 Å². The molecule has 2 atom stereocenters. The van der Waals surface area contributed by atoms with Crippen molar-refractivity contribution in [1.29, 1.82) is 0 Å². The largest absolute Gasteiger partial charge is 0.389 e. The molecule has 0 aromatic carbocycles. The van der Waals surface area contributed by atoms with Gasteiger partial charge in [-0.1, -0.05) is 41.0 Å². The van der Waals surface area contributed by atoms with E-state index in [0.29, 0.717) is 6.42 Å². The van der Waals surface area contributed by atoms with E-state index in [-0.39, 0.29) is 23.6 Å². The Balaban J connectivity index is 4.36. The fraction of sp³-hybridized carbons (Fsp3) is 1.00. The Bertz CT molecular complexity index is 342. The van der Waals surface area contributed by atoms with Crippen LogP contribution < -0.4 is 4.72 Å². The van der Waals surface area contributed by atoms with Crippen molar-refractivity contribution in [3.05, 3.63) is 0 Å². The molecule has 2 unspecified atom stereocenters. The second kappa shape index (κ2) is 6.35. The van der Waals surface area contributed by atoms with Gasteiger partial charge < -0.3 is 5.11 Å². The van der Waals surface area contributed by atoms with Gasteiger partial charge in [-0.15, -0.1) is 0 Å². The lowest BCUT2D eigenvalue weighted by Gasteiger charge is -2.30. The van der Waals surface area contributed by atoms with Crippen molar-refractivity contribution in [3.8, 4) is 0 Å². The molecule has 4 nitrogen and oxygen atoms in total. The number of sulfonamides is 1. The Morgan fingerprint density at radius 2 is 1.72 bits per heavy atom. The molecule has 0 aromatic rings.